The maximum atomic E-state index is 6.08. The summed E-state index contributed by atoms with van der Waals surface area (Å²) in [5.41, 5.74) is 5.76. The number of nitrogens with zero attached hydrogens (tertiary/aromatic N) is 2. The van der Waals surface area contributed by atoms with E-state index in [9.17, 15) is 0 Å². The Kier molecular flexibility index (Phi) is 4.21. The normalized spacial score (nSPS) is 27.4. The van der Waals surface area contributed by atoms with Crippen molar-refractivity contribution in [1.82, 2.24) is 9.97 Å². The van der Waals surface area contributed by atoms with E-state index in [1.165, 1.54) is 6.42 Å². The molecule has 0 bridgehead atoms. The minimum absolute atomic E-state index is 0.124. The second-order valence-electron chi connectivity index (χ2n) is 7.36. The molecule has 1 aromatic heterocycles. The molecule has 4 heteroatoms. The minimum atomic E-state index is -0.124. The molecular weight excluding hydrogens is 250 g/mol. The highest BCUT2D eigenvalue weighted by molar-refractivity contribution is 5.34. The van der Waals surface area contributed by atoms with E-state index < -0.39 is 0 Å². The highest BCUT2D eigenvalue weighted by Gasteiger charge is 2.26. The molecular formula is C16H27N3O. The summed E-state index contributed by atoms with van der Waals surface area (Å²) in [7, 11) is 0. The Bertz CT molecular complexity index is 457. The number of nitrogen functional groups attached to an aromatic ring is 1. The summed E-state index contributed by atoms with van der Waals surface area (Å²) in [6.07, 6.45) is 3.73. The number of nitrogens with two attached hydrogens (primary N) is 1. The third-order valence-electron chi connectivity index (χ3n) is 3.82. The molecule has 1 aliphatic carbocycles. The van der Waals surface area contributed by atoms with Gasteiger partial charge in [0.05, 0.1) is 0 Å². The predicted molar refractivity (Wildman–Crippen MR) is 81.7 cm³/mol. The third kappa shape index (κ3) is 3.84. The van der Waals surface area contributed by atoms with Gasteiger partial charge in [-0.05, 0) is 31.1 Å². The van der Waals surface area contributed by atoms with Gasteiger partial charge in [0.1, 0.15) is 17.7 Å². The summed E-state index contributed by atoms with van der Waals surface area (Å²) in [4.78, 5) is 8.85. The molecule has 2 atom stereocenters. The molecule has 0 spiro atoms. The van der Waals surface area contributed by atoms with Crippen LogP contribution in [0.1, 0.15) is 59.7 Å². The van der Waals surface area contributed by atoms with Gasteiger partial charge in [-0.25, -0.2) is 4.98 Å². The number of anilines is 1. The number of hydrogen-bond acceptors (Lipinski definition) is 4. The molecule has 1 aromatic rings. The molecule has 1 aliphatic rings. The van der Waals surface area contributed by atoms with Crippen molar-refractivity contribution < 1.29 is 4.74 Å². The standard InChI is InChI=1S/C16H27N3O/c1-10-6-11(2)8-12(7-10)20-14-9-13(17)18-15(19-14)16(3,4)5/h9-12H,6-8H2,1-5H3,(H2,17,18,19). The summed E-state index contributed by atoms with van der Waals surface area (Å²) in [5.74, 6) is 3.27. The number of rotatable bonds is 2. The zero-order valence-corrected chi connectivity index (χ0v) is 13.3. The van der Waals surface area contributed by atoms with Crippen LogP contribution in [0.15, 0.2) is 6.07 Å². The first-order valence-electron chi connectivity index (χ1n) is 7.55. The lowest BCUT2D eigenvalue weighted by Crippen LogP contribution is -2.29. The van der Waals surface area contributed by atoms with E-state index in [2.05, 4.69) is 44.6 Å². The molecule has 0 amide bonds. The predicted octanol–water partition coefficient (Wildman–Crippen LogP) is 3.56. The summed E-state index contributed by atoms with van der Waals surface area (Å²) in [5, 5.41) is 0. The lowest BCUT2D eigenvalue weighted by Gasteiger charge is -2.31. The van der Waals surface area contributed by atoms with Gasteiger partial charge in [0, 0.05) is 11.5 Å². The van der Waals surface area contributed by atoms with Crippen LogP contribution in [0.3, 0.4) is 0 Å². The van der Waals surface area contributed by atoms with E-state index in [1.807, 2.05) is 0 Å². The fourth-order valence-electron chi connectivity index (χ4n) is 2.98. The smallest absolute Gasteiger partial charge is 0.219 e. The van der Waals surface area contributed by atoms with Crippen molar-refractivity contribution in [1.29, 1.82) is 0 Å². The summed E-state index contributed by atoms with van der Waals surface area (Å²) in [6, 6.07) is 1.74. The van der Waals surface area contributed by atoms with Crippen molar-refractivity contribution in [2.75, 3.05) is 5.73 Å². The molecule has 1 fully saturated rings. The van der Waals surface area contributed by atoms with Gasteiger partial charge in [0.15, 0.2) is 0 Å². The average molecular weight is 277 g/mol. The molecule has 0 aliphatic heterocycles. The van der Waals surface area contributed by atoms with Crippen molar-refractivity contribution in [3.05, 3.63) is 11.9 Å². The largest absolute Gasteiger partial charge is 0.474 e. The minimum Gasteiger partial charge on any atom is -0.474 e. The van der Waals surface area contributed by atoms with E-state index in [0.29, 0.717) is 23.5 Å². The van der Waals surface area contributed by atoms with Crippen molar-refractivity contribution >= 4 is 5.82 Å². The molecule has 1 saturated carbocycles. The second-order valence-corrected chi connectivity index (χ2v) is 7.36. The van der Waals surface area contributed by atoms with Gasteiger partial charge in [0.2, 0.25) is 5.88 Å². The van der Waals surface area contributed by atoms with Gasteiger partial charge >= 0.3 is 0 Å². The highest BCUT2D eigenvalue weighted by Crippen LogP contribution is 2.31. The van der Waals surface area contributed by atoms with Crippen LogP contribution in [-0.4, -0.2) is 16.1 Å². The summed E-state index contributed by atoms with van der Waals surface area (Å²) in [6.45, 7) is 10.8. The van der Waals surface area contributed by atoms with Crippen LogP contribution in [-0.2, 0) is 5.41 Å². The quantitative estimate of drug-likeness (QED) is 0.898. The number of aromatic nitrogens is 2. The van der Waals surface area contributed by atoms with Crippen molar-refractivity contribution in [2.24, 2.45) is 11.8 Å². The van der Waals surface area contributed by atoms with E-state index in [-0.39, 0.29) is 11.5 Å². The lowest BCUT2D eigenvalue weighted by atomic mass is 9.82. The zero-order chi connectivity index (χ0) is 14.9. The summed E-state index contributed by atoms with van der Waals surface area (Å²) >= 11 is 0. The maximum absolute atomic E-state index is 6.08. The molecule has 20 heavy (non-hydrogen) atoms. The van der Waals surface area contributed by atoms with Crippen molar-refractivity contribution in [2.45, 2.75) is 65.4 Å². The van der Waals surface area contributed by atoms with Gasteiger partial charge in [-0.15, -0.1) is 0 Å². The van der Waals surface area contributed by atoms with Crippen LogP contribution >= 0.6 is 0 Å². The Labute approximate surface area is 122 Å². The summed E-state index contributed by atoms with van der Waals surface area (Å²) < 4.78 is 6.08. The molecule has 2 unspecified atom stereocenters. The van der Waals surface area contributed by atoms with Crippen molar-refractivity contribution in [3.63, 3.8) is 0 Å². The number of ether oxygens (including phenoxy) is 1. The van der Waals surface area contributed by atoms with Crippen LogP contribution in [0.5, 0.6) is 5.88 Å². The average Bonchev–Trinajstić information content (AvgIpc) is 2.25. The Morgan fingerprint density at radius 3 is 2.25 bits per heavy atom. The molecule has 0 aromatic carbocycles. The highest BCUT2D eigenvalue weighted by atomic mass is 16.5. The van der Waals surface area contributed by atoms with Crippen molar-refractivity contribution in [3.8, 4) is 5.88 Å². The zero-order valence-electron chi connectivity index (χ0n) is 13.3. The van der Waals surface area contributed by atoms with Crippen LogP contribution < -0.4 is 10.5 Å². The molecule has 2 N–H and O–H groups in total. The molecule has 4 nitrogen and oxygen atoms in total. The number of hydrogen-bond donors (Lipinski definition) is 1. The molecule has 2 rings (SSSR count). The molecule has 0 radical (unpaired) electrons. The van der Waals surface area contributed by atoms with Gasteiger partial charge in [-0.1, -0.05) is 34.6 Å². The van der Waals surface area contributed by atoms with Crippen LogP contribution in [0, 0.1) is 11.8 Å². The fourth-order valence-corrected chi connectivity index (χ4v) is 2.98. The third-order valence-corrected chi connectivity index (χ3v) is 3.82. The first-order chi connectivity index (χ1) is 9.24. The van der Waals surface area contributed by atoms with Gasteiger partial charge in [-0.2, -0.15) is 4.98 Å². The van der Waals surface area contributed by atoms with Crippen LogP contribution in [0.4, 0.5) is 5.82 Å². The monoisotopic (exact) mass is 277 g/mol. The van der Waals surface area contributed by atoms with E-state index in [1.54, 1.807) is 6.07 Å². The van der Waals surface area contributed by atoms with E-state index in [0.717, 1.165) is 18.7 Å². The molecule has 1 heterocycles. The van der Waals surface area contributed by atoms with Crippen LogP contribution in [0.25, 0.3) is 0 Å². The Balaban J connectivity index is 2.15. The maximum Gasteiger partial charge on any atom is 0.219 e. The Hall–Kier alpha value is -1.32. The molecule has 112 valence electrons. The SMILES string of the molecule is CC1CC(C)CC(Oc2cc(N)nc(C(C)(C)C)n2)C1. The van der Waals surface area contributed by atoms with Gasteiger partial charge in [0.25, 0.3) is 0 Å². The molecule has 0 saturated heterocycles. The Morgan fingerprint density at radius 2 is 1.70 bits per heavy atom. The van der Waals surface area contributed by atoms with E-state index >= 15 is 0 Å². The lowest BCUT2D eigenvalue weighted by molar-refractivity contribution is 0.0961. The topological polar surface area (TPSA) is 61.0 Å². The van der Waals surface area contributed by atoms with Gasteiger partial charge in [-0.3, -0.25) is 0 Å². The van der Waals surface area contributed by atoms with Crippen LogP contribution in [0.2, 0.25) is 0 Å². The Morgan fingerprint density at radius 1 is 1.10 bits per heavy atom. The van der Waals surface area contributed by atoms with E-state index in [4.69, 9.17) is 10.5 Å². The first-order valence-corrected chi connectivity index (χ1v) is 7.55. The van der Waals surface area contributed by atoms with Gasteiger partial charge < -0.3 is 10.5 Å². The second kappa shape index (κ2) is 5.58. The fraction of sp³-hybridized carbons (Fsp3) is 0.750. The first kappa shape index (κ1) is 15.1.